The number of benzene rings is 3. The Kier molecular flexibility index (Phi) is 5.44. The van der Waals surface area contributed by atoms with E-state index in [-0.39, 0.29) is 5.91 Å². The van der Waals surface area contributed by atoms with Crippen LogP contribution < -0.4 is 10.1 Å². The minimum atomic E-state index is -1.03. The summed E-state index contributed by atoms with van der Waals surface area (Å²) in [5.41, 5.74) is 4.85. The Bertz CT molecular complexity index is 1130. The Morgan fingerprint density at radius 3 is 1.97 bits per heavy atom. The van der Waals surface area contributed by atoms with Gasteiger partial charge in [0, 0.05) is 5.57 Å². The van der Waals surface area contributed by atoms with Crippen LogP contribution in [-0.2, 0) is 9.59 Å². The highest BCUT2D eigenvalue weighted by Gasteiger charge is 2.29. The molecular formula is C25H19NO4. The minimum Gasteiger partial charge on any atom is -0.482 e. The lowest BCUT2D eigenvalue weighted by atomic mass is 9.94. The number of aliphatic carboxylic acids is 1. The summed E-state index contributed by atoms with van der Waals surface area (Å²) in [5, 5.41) is 11.7. The zero-order valence-corrected chi connectivity index (χ0v) is 16.0. The smallest absolute Gasteiger partial charge is 0.341 e. The first-order valence-corrected chi connectivity index (χ1v) is 9.45. The average molecular weight is 397 g/mol. The quantitative estimate of drug-likeness (QED) is 0.653. The van der Waals surface area contributed by atoms with Gasteiger partial charge in [-0.2, -0.15) is 0 Å². The first-order chi connectivity index (χ1) is 14.6. The van der Waals surface area contributed by atoms with Gasteiger partial charge < -0.3 is 15.2 Å². The Morgan fingerprint density at radius 1 is 0.833 bits per heavy atom. The number of rotatable bonds is 6. The molecule has 0 spiro atoms. The molecule has 1 amide bonds. The molecule has 4 rings (SSSR count). The van der Waals surface area contributed by atoms with Gasteiger partial charge in [0.05, 0.1) is 11.3 Å². The molecule has 3 aromatic carbocycles. The number of carboxylic acids is 1. The maximum Gasteiger partial charge on any atom is 0.341 e. The molecule has 5 heteroatoms. The first kappa shape index (κ1) is 19.2. The van der Waals surface area contributed by atoms with Crippen LogP contribution in [0.1, 0.15) is 16.7 Å². The predicted octanol–water partition coefficient (Wildman–Crippen LogP) is 4.23. The molecule has 0 saturated heterocycles. The van der Waals surface area contributed by atoms with Crippen molar-refractivity contribution in [2.75, 3.05) is 6.61 Å². The van der Waals surface area contributed by atoms with E-state index in [1.165, 1.54) is 0 Å². The highest BCUT2D eigenvalue weighted by Crippen LogP contribution is 2.37. The van der Waals surface area contributed by atoms with Crippen LogP contribution in [0.4, 0.5) is 0 Å². The molecule has 0 radical (unpaired) electrons. The van der Waals surface area contributed by atoms with E-state index in [1.807, 2.05) is 78.9 Å². The van der Waals surface area contributed by atoms with E-state index >= 15 is 0 Å². The maximum atomic E-state index is 12.9. The number of nitrogens with one attached hydrogen (secondary N) is 1. The number of allylic oxidation sites excluding steroid dienone is 1. The zero-order chi connectivity index (χ0) is 20.9. The second-order valence-electron chi connectivity index (χ2n) is 6.75. The van der Waals surface area contributed by atoms with Crippen LogP contribution >= 0.6 is 0 Å². The molecular weight excluding hydrogens is 378 g/mol. The third kappa shape index (κ3) is 4.15. The van der Waals surface area contributed by atoms with Crippen molar-refractivity contribution in [2.45, 2.75) is 0 Å². The van der Waals surface area contributed by atoms with Crippen LogP contribution in [0.5, 0.6) is 5.75 Å². The topological polar surface area (TPSA) is 75.6 Å². The molecule has 0 saturated carbocycles. The van der Waals surface area contributed by atoms with E-state index in [0.717, 1.165) is 22.3 Å². The summed E-state index contributed by atoms with van der Waals surface area (Å²) in [4.78, 5) is 23.5. The van der Waals surface area contributed by atoms with Crippen molar-refractivity contribution >= 4 is 29.1 Å². The summed E-state index contributed by atoms with van der Waals surface area (Å²) in [5.74, 6) is -0.701. The Balaban J connectivity index is 1.75. The van der Waals surface area contributed by atoms with Crippen molar-refractivity contribution in [3.05, 3.63) is 107 Å². The van der Waals surface area contributed by atoms with Crippen LogP contribution in [0.25, 0.3) is 17.2 Å². The van der Waals surface area contributed by atoms with Crippen molar-refractivity contribution in [2.24, 2.45) is 0 Å². The number of hydrogen-bond acceptors (Lipinski definition) is 3. The van der Waals surface area contributed by atoms with Gasteiger partial charge in [0.15, 0.2) is 6.61 Å². The van der Waals surface area contributed by atoms with Gasteiger partial charge in [0.25, 0.3) is 5.91 Å². The molecule has 1 aliphatic heterocycles. The molecule has 148 valence electrons. The summed E-state index contributed by atoms with van der Waals surface area (Å²) in [6, 6.07) is 26.4. The van der Waals surface area contributed by atoms with E-state index in [1.54, 1.807) is 12.1 Å². The summed E-state index contributed by atoms with van der Waals surface area (Å²) >= 11 is 0. The molecule has 5 nitrogen and oxygen atoms in total. The molecule has 3 aromatic rings. The maximum absolute atomic E-state index is 12.9. The number of hydrogen-bond donors (Lipinski definition) is 2. The Morgan fingerprint density at radius 2 is 1.40 bits per heavy atom. The molecule has 0 aliphatic carbocycles. The highest BCUT2D eigenvalue weighted by molar-refractivity contribution is 6.34. The average Bonchev–Trinajstić information content (AvgIpc) is 3.10. The normalized spacial score (nSPS) is 14.7. The number of ether oxygens (including phenoxy) is 1. The van der Waals surface area contributed by atoms with E-state index in [9.17, 15) is 9.59 Å². The van der Waals surface area contributed by atoms with Gasteiger partial charge in [-0.15, -0.1) is 0 Å². The molecule has 0 unspecified atom stereocenters. The fourth-order valence-electron chi connectivity index (χ4n) is 3.36. The molecule has 30 heavy (non-hydrogen) atoms. The molecule has 0 atom stereocenters. The lowest BCUT2D eigenvalue weighted by molar-refractivity contribution is -0.139. The molecule has 0 fully saturated rings. The van der Waals surface area contributed by atoms with Crippen molar-refractivity contribution in [3.8, 4) is 5.75 Å². The zero-order valence-electron chi connectivity index (χ0n) is 16.0. The van der Waals surface area contributed by atoms with Crippen LogP contribution in [0.3, 0.4) is 0 Å². The van der Waals surface area contributed by atoms with E-state index in [4.69, 9.17) is 9.84 Å². The summed E-state index contributed by atoms with van der Waals surface area (Å²) in [6.45, 7) is -0.391. The van der Waals surface area contributed by atoms with E-state index in [2.05, 4.69) is 5.32 Å². The third-order valence-corrected chi connectivity index (χ3v) is 4.67. The highest BCUT2D eigenvalue weighted by atomic mass is 16.5. The van der Waals surface area contributed by atoms with Gasteiger partial charge in [0.1, 0.15) is 5.75 Å². The van der Waals surface area contributed by atoms with Crippen molar-refractivity contribution in [3.63, 3.8) is 0 Å². The SMILES string of the molecule is O=C(O)COc1ccc(/C=C2\NC(=O)C(c3ccccc3)=C2c2ccccc2)cc1. The number of carboxylic acid groups (broad SMARTS) is 1. The summed E-state index contributed by atoms with van der Waals surface area (Å²) in [7, 11) is 0. The van der Waals surface area contributed by atoms with E-state index in [0.29, 0.717) is 17.0 Å². The number of carbonyl (C=O) groups excluding carboxylic acids is 1. The van der Waals surface area contributed by atoms with Crippen molar-refractivity contribution in [1.82, 2.24) is 5.32 Å². The monoisotopic (exact) mass is 397 g/mol. The lowest BCUT2D eigenvalue weighted by Crippen LogP contribution is -2.15. The van der Waals surface area contributed by atoms with Gasteiger partial charge in [-0.05, 0) is 34.9 Å². The standard InChI is InChI=1S/C25H19NO4/c27-22(28)16-30-20-13-11-17(12-14-20)15-21-23(18-7-3-1-4-8-18)24(25(29)26-21)19-9-5-2-6-10-19/h1-15H,16H2,(H,26,29)(H,27,28)/b21-15-. The predicted molar refractivity (Wildman–Crippen MR) is 115 cm³/mol. The Hall–Kier alpha value is -4.12. The molecule has 2 N–H and O–H groups in total. The van der Waals surface area contributed by atoms with Crippen molar-refractivity contribution in [1.29, 1.82) is 0 Å². The van der Waals surface area contributed by atoms with Crippen LogP contribution in [0.15, 0.2) is 90.6 Å². The Labute approximate surface area is 173 Å². The second-order valence-corrected chi connectivity index (χ2v) is 6.75. The third-order valence-electron chi connectivity index (χ3n) is 4.67. The second kappa shape index (κ2) is 8.49. The summed E-state index contributed by atoms with van der Waals surface area (Å²) < 4.78 is 5.18. The molecule has 0 aromatic heterocycles. The van der Waals surface area contributed by atoms with Crippen LogP contribution in [0, 0.1) is 0 Å². The molecule has 1 aliphatic rings. The van der Waals surface area contributed by atoms with Crippen LogP contribution in [-0.4, -0.2) is 23.6 Å². The fraction of sp³-hybridized carbons (Fsp3) is 0.0400. The van der Waals surface area contributed by atoms with Gasteiger partial charge >= 0.3 is 5.97 Å². The molecule has 1 heterocycles. The molecule has 0 bridgehead atoms. The largest absolute Gasteiger partial charge is 0.482 e. The minimum absolute atomic E-state index is 0.146. The van der Waals surface area contributed by atoms with Crippen molar-refractivity contribution < 1.29 is 19.4 Å². The van der Waals surface area contributed by atoms with Gasteiger partial charge in [0.2, 0.25) is 0 Å². The van der Waals surface area contributed by atoms with Gasteiger partial charge in [-0.3, -0.25) is 4.79 Å². The van der Waals surface area contributed by atoms with Crippen LogP contribution in [0.2, 0.25) is 0 Å². The number of amides is 1. The summed E-state index contributed by atoms with van der Waals surface area (Å²) in [6.07, 6.45) is 1.90. The van der Waals surface area contributed by atoms with Gasteiger partial charge in [-0.1, -0.05) is 72.8 Å². The first-order valence-electron chi connectivity index (χ1n) is 9.45. The lowest BCUT2D eigenvalue weighted by Gasteiger charge is -2.08. The van der Waals surface area contributed by atoms with Gasteiger partial charge in [-0.25, -0.2) is 4.79 Å². The number of carbonyl (C=O) groups is 2. The van der Waals surface area contributed by atoms with E-state index < -0.39 is 12.6 Å². The fourth-order valence-corrected chi connectivity index (χ4v) is 3.36.